The highest BCUT2D eigenvalue weighted by molar-refractivity contribution is 5.87. The maximum Gasteiger partial charge on any atom is 0.326 e. The fraction of sp³-hybridized carbons (Fsp3) is 0.714. The van der Waals surface area contributed by atoms with Crippen LogP contribution in [0.25, 0.3) is 0 Å². The number of hydrogen-bond acceptors (Lipinski definition) is 4. The maximum absolute atomic E-state index is 12.1. The van der Waals surface area contributed by atoms with E-state index in [-0.39, 0.29) is 30.6 Å². The first-order valence-corrected chi connectivity index (χ1v) is 7.45. The molecule has 8 heteroatoms. The molecule has 0 saturated carbocycles. The fourth-order valence-electron chi connectivity index (χ4n) is 2.38. The molecule has 1 aliphatic heterocycles. The quantitative estimate of drug-likeness (QED) is 0.547. The van der Waals surface area contributed by atoms with E-state index in [0.717, 1.165) is 12.8 Å². The van der Waals surface area contributed by atoms with Gasteiger partial charge in [-0.25, -0.2) is 4.79 Å². The van der Waals surface area contributed by atoms with Crippen LogP contribution >= 0.6 is 0 Å². The third kappa shape index (κ3) is 6.11. The van der Waals surface area contributed by atoms with Crippen molar-refractivity contribution in [3.8, 4) is 0 Å². The van der Waals surface area contributed by atoms with Crippen molar-refractivity contribution in [3.63, 3.8) is 0 Å². The van der Waals surface area contributed by atoms with Gasteiger partial charge in [0.1, 0.15) is 6.04 Å². The molecule has 0 aromatic carbocycles. The number of amides is 3. The van der Waals surface area contributed by atoms with Crippen molar-refractivity contribution in [2.75, 3.05) is 19.6 Å². The first-order valence-electron chi connectivity index (χ1n) is 7.45. The average molecular weight is 313 g/mol. The summed E-state index contributed by atoms with van der Waals surface area (Å²) in [7, 11) is 0. The zero-order valence-electron chi connectivity index (χ0n) is 12.8. The molecule has 0 aliphatic carbocycles. The maximum atomic E-state index is 12.1. The summed E-state index contributed by atoms with van der Waals surface area (Å²) < 4.78 is 0. The smallest absolute Gasteiger partial charge is 0.326 e. The van der Waals surface area contributed by atoms with Gasteiger partial charge in [-0.3, -0.25) is 14.4 Å². The SMILES string of the molecule is CC(=O)NCCNC(=O)CCC(=O)N1CCCCC1C(=O)O. The molecule has 0 aromatic rings. The van der Waals surface area contributed by atoms with E-state index < -0.39 is 12.0 Å². The Labute approximate surface area is 129 Å². The number of hydrogen-bond donors (Lipinski definition) is 3. The van der Waals surface area contributed by atoms with E-state index in [1.54, 1.807) is 0 Å². The Morgan fingerprint density at radius 2 is 1.77 bits per heavy atom. The molecule has 1 unspecified atom stereocenters. The third-order valence-electron chi connectivity index (χ3n) is 3.50. The van der Waals surface area contributed by atoms with Crippen LogP contribution in [0.3, 0.4) is 0 Å². The summed E-state index contributed by atoms with van der Waals surface area (Å²) in [5, 5.41) is 14.2. The molecule has 1 atom stereocenters. The normalized spacial score (nSPS) is 17.7. The number of piperidine rings is 1. The minimum atomic E-state index is -0.993. The molecule has 3 N–H and O–H groups in total. The molecular formula is C14H23N3O5. The summed E-state index contributed by atoms with van der Waals surface area (Å²) in [6.07, 6.45) is 2.06. The molecule has 1 fully saturated rings. The van der Waals surface area contributed by atoms with Gasteiger partial charge in [0, 0.05) is 39.4 Å². The van der Waals surface area contributed by atoms with Gasteiger partial charge in [0.2, 0.25) is 17.7 Å². The zero-order chi connectivity index (χ0) is 16.5. The first kappa shape index (κ1) is 17.9. The molecule has 3 amide bonds. The molecule has 0 radical (unpaired) electrons. The van der Waals surface area contributed by atoms with E-state index >= 15 is 0 Å². The summed E-state index contributed by atoms with van der Waals surface area (Å²) in [4.78, 5) is 46.8. The van der Waals surface area contributed by atoms with Crippen molar-refractivity contribution in [2.24, 2.45) is 0 Å². The lowest BCUT2D eigenvalue weighted by molar-refractivity contribution is -0.152. The summed E-state index contributed by atoms with van der Waals surface area (Å²) in [5.74, 6) is -1.76. The summed E-state index contributed by atoms with van der Waals surface area (Å²) >= 11 is 0. The van der Waals surface area contributed by atoms with E-state index in [9.17, 15) is 19.2 Å². The molecule has 0 spiro atoms. The predicted molar refractivity (Wildman–Crippen MR) is 77.9 cm³/mol. The van der Waals surface area contributed by atoms with Gasteiger partial charge in [0.15, 0.2) is 0 Å². The fourth-order valence-corrected chi connectivity index (χ4v) is 2.38. The first-order chi connectivity index (χ1) is 10.4. The minimum absolute atomic E-state index is 0.00422. The molecule has 0 bridgehead atoms. The van der Waals surface area contributed by atoms with Crippen LogP contribution in [0, 0.1) is 0 Å². The Kier molecular flexibility index (Phi) is 7.34. The van der Waals surface area contributed by atoms with Crippen LogP contribution < -0.4 is 10.6 Å². The molecule has 124 valence electrons. The number of likely N-dealkylation sites (tertiary alicyclic amines) is 1. The van der Waals surface area contributed by atoms with Crippen molar-refractivity contribution < 1.29 is 24.3 Å². The van der Waals surface area contributed by atoms with Gasteiger partial charge in [-0.2, -0.15) is 0 Å². The van der Waals surface area contributed by atoms with Crippen LogP contribution in [0.5, 0.6) is 0 Å². The monoisotopic (exact) mass is 313 g/mol. The van der Waals surface area contributed by atoms with Gasteiger partial charge in [-0.15, -0.1) is 0 Å². The zero-order valence-corrected chi connectivity index (χ0v) is 12.8. The van der Waals surface area contributed by atoms with Gasteiger partial charge < -0.3 is 20.6 Å². The van der Waals surface area contributed by atoms with Crippen LogP contribution in [0.4, 0.5) is 0 Å². The second-order valence-electron chi connectivity index (χ2n) is 5.27. The number of carbonyl (C=O) groups is 4. The Balaban J connectivity index is 2.30. The topological polar surface area (TPSA) is 116 Å². The lowest BCUT2D eigenvalue weighted by atomic mass is 10.0. The molecule has 8 nitrogen and oxygen atoms in total. The number of rotatable bonds is 7. The summed E-state index contributed by atoms with van der Waals surface area (Å²) in [6, 6.07) is -0.774. The second kappa shape index (κ2) is 9.01. The van der Waals surface area contributed by atoms with Crippen molar-refractivity contribution in [2.45, 2.75) is 45.1 Å². The number of nitrogens with zero attached hydrogens (tertiary/aromatic N) is 1. The highest BCUT2D eigenvalue weighted by atomic mass is 16.4. The third-order valence-corrected chi connectivity index (χ3v) is 3.50. The molecule has 0 aromatic heterocycles. The van der Waals surface area contributed by atoms with E-state index in [2.05, 4.69) is 10.6 Å². The average Bonchev–Trinajstić information content (AvgIpc) is 2.49. The standard InChI is InChI=1S/C14H23N3O5/c1-10(18)15-7-8-16-12(19)5-6-13(20)17-9-3-2-4-11(17)14(21)22/h11H,2-9H2,1H3,(H,15,18)(H,16,19)(H,21,22). The molecule has 22 heavy (non-hydrogen) atoms. The van der Waals surface area contributed by atoms with Gasteiger partial charge in [-0.05, 0) is 19.3 Å². The number of nitrogens with one attached hydrogen (secondary N) is 2. The molecule has 1 heterocycles. The highest BCUT2D eigenvalue weighted by Crippen LogP contribution is 2.18. The van der Waals surface area contributed by atoms with E-state index in [0.29, 0.717) is 26.1 Å². The number of aliphatic carboxylic acids is 1. The Bertz CT molecular complexity index is 438. The van der Waals surface area contributed by atoms with Crippen LogP contribution in [0.15, 0.2) is 0 Å². The van der Waals surface area contributed by atoms with Crippen LogP contribution in [0.2, 0.25) is 0 Å². The Morgan fingerprint density at radius 3 is 2.41 bits per heavy atom. The molecule has 1 aliphatic rings. The van der Waals surface area contributed by atoms with Crippen molar-refractivity contribution in [3.05, 3.63) is 0 Å². The molecular weight excluding hydrogens is 290 g/mol. The van der Waals surface area contributed by atoms with E-state index in [4.69, 9.17) is 5.11 Å². The minimum Gasteiger partial charge on any atom is -0.480 e. The van der Waals surface area contributed by atoms with Crippen LogP contribution in [-0.2, 0) is 19.2 Å². The van der Waals surface area contributed by atoms with Gasteiger partial charge in [-0.1, -0.05) is 0 Å². The lowest BCUT2D eigenvalue weighted by Crippen LogP contribution is -2.48. The second-order valence-corrected chi connectivity index (χ2v) is 5.27. The Morgan fingerprint density at radius 1 is 1.09 bits per heavy atom. The summed E-state index contributed by atoms with van der Waals surface area (Å²) in [6.45, 7) is 2.45. The number of carboxylic acids is 1. The Hall–Kier alpha value is -2.12. The molecule has 1 saturated heterocycles. The molecule has 1 rings (SSSR count). The van der Waals surface area contributed by atoms with E-state index in [1.807, 2.05) is 0 Å². The lowest BCUT2D eigenvalue weighted by Gasteiger charge is -2.33. The summed E-state index contributed by atoms with van der Waals surface area (Å²) in [5.41, 5.74) is 0. The van der Waals surface area contributed by atoms with Gasteiger partial charge in [0.05, 0.1) is 0 Å². The van der Waals surface area contributed by atoms with Crippen LogP contribution in [-0.4, -0.2) is 59.4 Å². The van der Waals surface area contributed by atoms with Crippen LogP contribution in [0.1, 0.15) is 39.0 Å². The predicted octanol–water partition coefficient (Wildman–Crippen LogP) is -0.515. The van der Waals surface area contributed by atoms with Crippen molar-refractivity contribution in [1.29, 1.82) is 0 Å². The van der Waals surface area contributed by atoms with Gasteiger partial charge in [0.25, 0.3) is 0 Å². The largest absolute Gasteiger partial charge is 0.480 e. The van der Waals surface area contributed by atoms with E-state index in [1.165, 1.54) is 11.8 Å². The highest BCUT2D eigenvalue weighted by Gasteiger charge is 2.31. The number of carbonyl (C=O) groups excluding carboxylic acids is 3. The number of carboxylic acid groups (broad SMARTS) is 1. The van der Waals surface area contributed by atoms with Crippen molar-refractivity contribution in [1.82, 2.24) is 15.5 Å². The van der Waals surface area contributed by atoms with Gasteiger partial charge >= 0.3 is 5.97 Å². The van der Waals surface area contributed by atoms with Crippen molar-refractivity contribution >= 4 is 23.7 Å².